The number of carbonyl (C=O) groups is 1. The lowest BCUT2D eigenvalue weighted by molar-refractivity contribution is 0.0698. The third-order valence-electron chi connectivity index (χ3n) is 4.16. The quantitative estimate of drug-likeness (QED) is 0.670. The summed E-state index contributed by atoms with van der Waals surface area (Å²) in [5, 5.41) is 0.643. The Kier molecular flexibility index (Phi) is 6.25. The van der Waals surface area contributed by atoms with Gasteiger partial charge >= 0.3 is 0 Å². The van der Waals surface area contributed by atoms with Gasteiger partial charge in [-0.05, 0) is 30.3 Å². The van der Waals surface area contributed by atoms with E-state index in [0.717, 1.165) is 0 Å². The van der Waals surface area contributed by atoms with E-state index >= 15 is 0 Å². The Balaban J connectivity index is 1.76. The largest absolute Gasteiger partial charge is 0.336 e. The van der Waals surface area contributed by atoms with Crippen molar-refractivity contribution in [1.82, 2.24) is 9.21 Å². The van der Waals surface area contributed by atoms with E-state index in [4.69, 9.17) is 46.4 Å². The standard InChI is InChI=1S/C17H14Cl4N2O3S/c18-12-3-1-2-11(8-12)17(24)22-4-6-23(7-5-22)27(25,26)16-14(20)9-13(19)10-15(16)21/h1-3,8-10H,4-7H2. The van der Waals surface area contributed by atoms with Crippen LogP contribution >= 0.6 is 46.4 Å². The summed E-state index contributed by atoms with van der Waals surface area (Å²) < 4.78 is 27.1. The van der Waals surface area contributed by atoms with Crippen molar-refractivity contribution in [3.05, 3.63) is 62.1 Å². The van der Waals surface area contributed by atoms with Crippen molar-refractivity contribution in [2.75, 3.05) is 26.2 Å². The van der Waals surface area contributed by atoms with Gasteiger partial charge in [-0.25, -0.2) is 8.42 Å². The van der Waals surface area contributed by atoms with Crippen LogP contribution in [0.4, 0.5) is 0 Å². The van der Waals surface area contributed by atoms with Gasteiger partial charge in [0.05, 0.1) is 10.0 Å². The summed E-state index contributed by atoms with van der Waals surface area (Å²) in [6, 6.07) is 9.30. The number of nitrogens with zero attached hydrogens (tertiary/aromatic N) is 2. The molecule has 27 heavy (non-hydrogen) atoms. The average molecular weight is 468 g/mol. The van der Waals surface area contributed by atoms with Gasteiger partial charge in [-0.15, -0.1) is 0 Å². The SMILES string of the molecule is O=C(c1cccc(Cl)c1)N1CCN(S(=O)(=O)c2c(Cl)cc(Cl)cc2Cl)CC1. The molecule has 1 aliphatic rings. The van der Waals surface area contributed by atoms with E-state index in [-0.39, 0.29) is 52.0 Å². The Hall–Kier alpha value is -1.02. The number of carbonyl (C=O) groups excluding carboxylic acids is 1. The Morgan fingerprint density at radius 2 is 1.44 bits per heavy atom. The average Bonchev–Trinajstić information content (AvgIpc) is 2.60. The lowest BCUT2D eigenvalue weighted by Crippen LogP contribution is -2.50. The number of amides is 1. The topological polar surface area (TPSA) is 57.7 Å². The summed E-state index contributed by atoms with van der Waals surface area (Å²) in [5.41, 5.74) is 0.461. The molecule has 5 nitrogen and oxygen atoms in total. The van der Waals surface area contributed by atoms with Crippen LogP contribution in [-0.4, -0.2) is 49.7 Å². The van der Waals surface area contributed by atoms with Crippen molar-refractivity contribution in [3.63, 3.8) is 0 Å². The third kappa shape index (κ3) is 4.36. The van der Waals surface area contributed by atoms with Gasteiger partial charge in [0.1, 0.15) is 4.90 Å². The van der Waals surface area contributed by atoms with Crippen molar-refractivity contribution in [2.45, 2.75) is 4.90 Å². The first-order valence-corrected chi connectivity index (χ1v) is 10.8. The van der Waals surface area contributed by atoms with Gasteiger partial charge in [0, 0.05) is 41.8 Å². The molecule has 1 amide bonds. The van der Waals surface area contributed by atoms with Crippen LogP contribution in [0, 0.1) is 0 Å². The fraction of sp³-hybridized carbons (Fsp3) is 0.235. The van der Waals surface area contributed by atoms with Crippen molar-refractivity contribution in [1.29, 1.82) is 0 Å². The molecule has 1 fully saturated rings. The maximum absolute atomic E-state index is 12.9. The molecule has 1 heterocycles. The van der Waals surface area contributed by atoms with E-state index in [1.54, 1.807) is 29.2 Å². The first-order valence-electron chi connectivity index (χ1n) is 7.89. The molecule has 0 saturated carbocycles. The molecule has 2 aromatic rings. The number of piperazine rings is 1. The molecule has 0 aromatic heterocycles. The number of benzene rings is 2. The van der Waals surface area contributed by atoms with Crippen molar-refractivity contribution < 1.29 is 13.2 Å². The maximum atomic E-state index is 12.9. The molecule has 144 valence electrons. The van der Waals surface area contributed by atoms with Crippen LogP contribution in [0.1, 0.15) is 10.4 Å². The highest BCUT2D eigenvalue weighted by atomic mass is 35.5. The van der Waals surface area contributed by atoms with Crippen LogP contribution in [0.25, 0.3) is 0 Å². The second-order valence-electron chi connectivity index (χ2n) is 5.91. The van der Waals surface area contributed by atoms with Crippen LogP contribution in [0.15, 0.2) is 41.3 Å². The van der Waals surface area contributed by atoms with E-state index < -0.39 is 10.0 Å². The summed E-state index contributed by atoms with van der Waals surface area (Å²) >= 11 is 23.9. The number of rotatable bonds is 3. The molecule has 3 rings (SSSR count). The van der Waals surface area contributed by atoms with E-state index in [1.807, 2.05) is 0 Å². The summed E-state index contributed by atoms with van der Waals surface area (Å²) in [7, 11) is -3.91. The molecule has 1 aliphatic heterocycles. The zero-order valence-corrected chi connectivity index (χ0v) is 17.7. The summed E-state index contributed by atoms with van der Waals surface area (Å²) in [6.45, 7) is 0.745. The second-order valence-corrected chi connectivity index (χ2v) is 9.47. The lowest BCUT2D eigenvalue weighted by atomic mass is 10.2. The third-order valence-corrected chi connectivity index (χ3v) is 7.43. The van der Waals surface area contributed by atoms with Gasteiger partial charge in [0.25, 0.3) is 5.91 Å². The van der Waals surface area contributed by atoms with Crippen LogP contribution in [0.5, 0.6) is 0 Å². The van der Waals surface area contributed by atoms with Gasteiger partial charge in [-0.3, -0.25) is 4.79 Å². The Labute approximate surface area is 177 Å². The molecule has 0 unspecified atom stereocenters. The predicted molar refractivity (Wildman–Crippen MR) is 108 cm³/mol. The van der Waals surface area contributed by atoms with Crippen LogP contribution in [0.2, 0.25) is 20.1 Å². The minimum absolute atomic E-state index is 0.0371. The smallest absolute Gasteiger partial charge is 0.253 e. The highest BCUT2D eigenvalue weighted by Gasteiger charge is 2.33. The lowest BCUT2D eigenvalue weighted by Gasteiger charge is -2.34. The second kappa shape index (κ2) is 8.15. The fourth-order valence-corrected chi connectivity index (χ4v) is 5.95. The molecule has 2 aromatic carbocycles. The van der Waals surface area contributed by atoms with E-state index in [9.17, 15) is 13.2 Å². The van der Waals surface area contributed by atoms with E-state index in [0.29, 0.717) is 10.6 Å². The van der Waals surface area contributed by atoms with Crippen LogP contribution in [0.3, 0.4) is 0 Å². The maximum Gasteiger partial charge on any atom is 0.253 e. The molecular formula is C17H14Cl4N2O3S. The minimum atomic E-state index is -3.91. The zero-order valence-electron chi connectivity index (χ0n) is 13.8. The minimum Gasteiger partial charge on any atom is -0.336 e. The van der Waals surface area contributed by atoms with Crippen LogP contribution < -0.4 is 0 Å². The summed E-state index contributed by atoms with van der Waals surface area (Å²) in [5.74, 6) is -0.197. The van der Waals surface area contributed by atoms with E-state index in [2.05, 4.69) is 0 Å². The van der Waals surface area contributed by atoms with Gasteiger partial charge in [-0.1, -0.05) is 52.5 Å². The first kappa shape index (κ1) is 20.7. The monoisotopic (exact) mass is 466 g/mol. The molecule has 10 heteroatoms. The molecule has 1 saturated heterocycles. The van der Waals surface area contributed by atoms with E-state index in [1.165, 1.54) is 16.4 Å². The van der Waals surface area contributed by atoms with Crippen LogP contribution in [-0.2, 0) is 10.0 Å². The van der Waals surface area contributed by atoms with Crippen molar-refractivity contribution in [3.8, 4) is 0 Å². The number of hydrogen-bond acceptors (Lipinski definition) is 3. The first-order chi connectivity index (χ1) is 12.7. The molecule has 0 aliphatic carbocycles. The zero-order chi connectivity index (χ0) is 19.8. The molecule has 0 radical (unpaired) electrons. The predicted octanol–water partition coefficient (Wildman–Crippen LogP) is 4.45. The van der Waals surface area contributed by atoms with Gasteiger partial charge in [0.15, 0.2) is 0 Å². The Morgan fingerprint density at radius 3 is 2.00 bits per heavy atom. The number of halogens is 4. The normalized spacial score (nSPS) is 15.8. The molecule has 0 bridgehead atoms. The molecule has 0 spiro atoms. The van der Waals surface area contributed by atoms with Crippen molar-refractivity contribution >= 4 is 62.3 Å². The van der Waals surface area contributed by atoms with Crippen molar-refractivity contribution in [2.24, 2.45) is 0 Å². The number of sulfonamides is 1. The summed E-state index contributed by atoms with van der Waals surface area (Å²) in [4.78, 5) is 14.0. The molecule has 0 N–H and O–H groups in total. The molecule has 0 atom stereocenters. The summed E-state index contributed by atoms with van der Waals surface area (Å²) in [6.07, 6.45) is 0. The number of hydrogen-bond donors (Lipinski definition) is 0. The van der Waals surface area contributed by atoms with Gasteiger partial charge in [0.2, 0.25) is 10.0 Å². The van der Waals surface area contributed by atoms with Gasteiger partial charge in [-0.2, -0.15) is 4.31 Å². The van der Waals surface area contributed by atoms with Gasteiger partial charge < -0.3 is 4.90 Å². The highest BCUT2D eigenvalue weighted by molar-refractivity contribution is 7.89. The Morgan fingerprint density at radius 1 is 0.852 bits per heavy atom. The molecular weight excluding hydrogens is 454 g/mol. The Bertz CT molecular complexity index is 966. The fourth-order valence-electron chi connectivity index (χ4n) is 2.84. The highest BCUT2D eigenvalue weighted by Crippen LogP contribution is 2.35.